The molecule has 0 spiro atoms. The summed E-state index contributed by atoms with van der Waals surface area (Å²) in [7, 11) is -2.71. The van der Waals surface area contributed by atoms with E-state index in [9.17, 15) is 13.2 Å². The predicted octanol–water partition coefficient (Wildman–Crippen LogP) is 3.76. The fourth-order valence-corrected chi connectivity index (χ4v) is 3.92. The van der Waals surface area contributed by atoms with Gasteiger partial charge in [0.25, 0.3) is 10.0 Å². The third kappa shape index (κ3) is 4.60. The second-order valence-electron chi connectivity index (χ2n) is 5.09. The summed E-state index contributed by atoms with van der Waals surface area (Å²) in [4.78, 5) is 12.0. The lowest BCUT2D eigenvalue weighted by molar-refractivity contribution is -0.141. The summed E-state index contributed by atoms with van der Waals surface area (Å²) in [6, 6.07) is 10.1. The van der Waals surface area contributed by atoms with Crippen LogP contribution in [-0.4, -0.2) is 34.6 Å². The van der Waals surface area contributed by atoms with E-state index < -0.39 is 22.5 Å². The Morgan fingerprint density at radius 3 is 2.27 bits per heavy atom. The molecule has 0 aliphatic rings. The first-order chi connectivity index (χ1) is 12.3. The van der Waals surface area contributed by atoms with Crippen molar-refractivity contribution in [1.29, 1.82) is 0 Å². The first-order valence-corrected chi connectivity index (χ1v) is 9.76. The molecule has 0 saturated carbocycles. The molecule has 2 aromatic carbocycles. The van der Waals surface area contributed by atoms with Crippen LogP contribution >= 0.6 is 23.2 Å². The van der Waals surface area contributed by atoms with Crippen LogP contribution in [0.1, 0.15) is 6.92 Å². The Morgan fingerprint density at radius 1 is 1.08 bits per heavy atom. The van der Waals surface area contributed by atoms with Crippen molar-refractivity contribution < 1.29 is 22.7 Å². The van der Waals surface area contributed by atoms with Gasteiger partial charge in [0.15, 0.2) is 0 Å². The SMILES string of the molecule is CCOC(=O)CN(c1cc(Cl)ccc1OC)S(=O)(=O)c1ccc(Cl)cc1. The number of carbonyl (C=O) groups excluding carboxylic acids is 1. The van der Waals surface area contributed by atoms with Crippen LogP contribution in [0.15, 0.2) is 47.4 Å². The second-order valence-corrected chi connectivity index (χ2v) is 7.82. The van der Waals surface area contributed by atoms with Crippen LogP contribution in [0, 0.1) is 0 Å². The standard InChI is InChI=1S/C17H17Cl2NO5S/c1-3-25-17(21)11-20(15-10-13(19)6-9-16(15)24-2)26(22,23)14-7-4-12(18)5-8-14/h4-10H,3,11H2,1-2H3. The van der Waals surface area contributed by atoms with Gasteiger partial charge in [0.1, 0.15) is 12.3 Å². The fourth-order valence-electron chi connectivity index (χ4n) is 2.22. The highest BCUT2D eigenvalue weighted by molar-refractivity contribution is 7.92. The van der Waals surface area contributed by atoms with Crippen LogP contribution in [-0.2, 0) is 19.6 Å². The van der Waals surface area contributed by atoms with E-state index in [4.69, 9.17) is 32.7 Å². The van der Waals surface area contributed by atoms with Crippen LogP contribution in [0.2, 0.25) is 10.0 Å². The molecule has 2 aromatic rings. The lowest BCUT2D eigenvalue weighted by atomic mass is 10.3. The van der Waals surface area contributed by atoms with Crippen molar-refractivity contribution >= 4 is 44.9 Å². The van der Waals surface area contributed by atoms with E-state index in [0.717, 1.165) is 4.31 Å². The van der Waals surface area contributed by atoms with Gasteiger partial charge >= 0.3 is 5.97 Å². The highest BCUT2D eigenvalue weighted by atomic mass is 35.5. The van der Waals surface area contributed by atoms with Crippen molar-refractivity contribution in [2.45, 2.75) is 11.8 Å². The average molecular weight is 418 g/mol. The van der Waals surface area contributed by atoms with Gasteiger partial charge < -0.3 is 9.47 Å². The fraction of sp³-hybridized carbons (Fsp3) is 0.235. The van der Waals surface area contributed by atoms with Crippen LogP contribution in [0.25, 0.3) is 0 Å². The molecule has 6 nitrogen and oxygen atoms in total. The Kier molecular flexibility index (Phi) is 6.75. The second kappa shape index (κ2) is 8.62. The maximum Gasteiger partial charge on any atom is 0.326 e. The summed E-state index contributed by atoms with van der Waals surface area (Å²) in [5.74, 6) is -0.455. The molecule has 0 aliphatic heterocycles. The molecular formula is C17H17Cl2NO5S. The molecule has 0 unspecified atom stereocenters. The van der Waals surface area contributed by atoms with E-state index in [1.807, 2.05) is 0 Å². The molecule has 2 rings (SSSR count). The molecule has 0 fully saturated rings. The normalized spacial score (nSPS) is 11.1. The number of sulfonamides is 1. The van der Waals surface area contributed by atoms with E-state index >= 15 is 0 Å². The molecule has 0 heterocycles. The highest BCUT2D eigenvalue weighted by Gasteiger charge is 2.30. The van der Waals surface area contributed by atoms with Gasteiger partial charge in [-0.25, -0.2) is 8.42 Å². The molecule has 0 N–H and O–H groups in total. The highest BCUT2D eigenvalue weighted by Crippen LogP contribution is 2.35. The number of ether oxygens (including phenoxy) is 2. The quantitative estimate of drug-likeness (QED) is 0.641. The Hall–Kier alpha value is -1.96. The largest absolute Gasteiger partial charge is 0.495 e. The average Bonchev–Trinajstić information content (AvgIpc) is 2.60. The minimum absolute atomic E-state index is 0.0340. The summed E-state index contributed by atoms with van der Waals surface area (Å²) in [6.45, 7) is 1.23. The number of hydrogen-bond acceptors (Lipinski definition) is 5. The molecule has 0 saturated heterocycles. The zero-order valence-electron chi connectivity index (χ0n) is 14.1. The van der Waals surface area contributed by atoms with Crippen molar-refractivity contribution in [2.75, 3.05) is 24.6 Å². The number of benzene rings is 2. The Labute approximate surface area is 162 Å². The van der Waals surface area contributed by atoms with Gasteiger partial charge in [-0.15, -0.1) is 0 Å². The number of esters is 1. The number of rotatable bonds is 7. The molecular weight excluding hydrogens is 401 g/mol. The van der Waals surface area contributed by atoms with Gasteiger partial charge in [-0.1, -0.05) is 23.2 Å². The van der Waals surface area contributed by atoms with Crippen molar-refractivity contribution in [3.8, 4) is 5.75 Å². The number of methoxy groups -OCH3 is 1. The third-order valence-corrected chi connectivity index (χ3v) is 5.65. The van der Waals surface area contributed by atoms with E-state index in [-0.39, 0.29) is 22.9 Å². The summed E-state index contributed by atoms with van der Waals surface area (Å²) in [5, 5.41) is 0.683. The Bertz CT molecular complexity index is 885. The van der Waals surface area contributed by atoms with Gasteiger partial charge in [0, 0.05) is 10.0 Å². The minimum Gasteiger partial charge on any atom is -0.495 e. The van der Waals surface area contributed by atoms with E-state index in [1.165, 1.54) is 43.5 Å². The third-order valence-electron chi connectivity index (χ3n) is 3.39. The van der Waals surface area contributed by atoms with Crippen LogP contribution in [0.3, 0.4) is 0 Å². The maximum atomic E-state index is 13.1. The number of carbonyl (C=O) groups is 1. The van der Waals surface area contributed by atoms with Crippen LogP contribution in [0.4, 0.5) is 5.69 Å². The molecule has 0 aromatic heterocycles. The maximum absolute atomic E-state index is 13.1. The van der Waals surface area contributed by atoms with E-state index in [2.05, 4.69) is 0 Å². The molecule has 0 amide bonds. The van der Waals surface area contributed by atoms with Gasteiger partial charge in [-0.2, -0.15) is 0 Å². The molecule has 0 aliphatic carbocycles. The predicted molar refractivity (Wildman–Crippen MR) is 101 cm³/mol. The van der Waals surface area contributed by atoms with Gasteiger partial charge in [-0.3, -0.25) is 9.10 Å². The summed E-state index contributed by atoms with van der Waals surface area (Å²) in [6.07, 6.45) is 0. The topological polar surface area (TPSA) is 72.9 Å². The molecule has 26 heavy (non-hydrogen) atoms. The van der Waals surface area contributed by atoms with Crippen LogP contribution in [0.5, 0.6) is 5.75 Å². The Morgan fingerprint density at radius 2 is 1.69 bits per heavy atom. The number of hydrogen-bond donors (Lipinski definition) is 0. The van der Waals surface area contributed by atoms with Gasteiger partial charge in [0.2, 0.25) is 0 Å². The zero-order chi connectivity index (χ0) is 19.3. The summed E-state index contributed by atoms with van der Waals surface area (Å²) >= 11 is 11.9. The Balaban J connectivity index is 2.59. The molecule has 0 bridgehead atoms. The zero-order valence-corrected chi connectivity index (χ0v) is 16.4. The van der Waals surface area contributed by atoms with Crippen molar-refractivity contribution in [1.82, 2.24) is 0 Å². The van der Waals surface area contributed by atoms with Crippen LogP contribution < -0.4 is 9.04 Å². The van der Waals surface area contributed by atoms with Crippen molar-refractivity contribution in [3.63, 3.8) is 0 Å². The molecule has 140 valence electrons. The van der Waals surface area contributed by atoms with Crippen molar-refractivity contribution in [3.05, 3.63) is 52.5 Å². The van der Waals surface area contributed by atoms with Gasteiger partial charge in [-0.05, 0) is 49.4 Å². The first-order valence-electron chi connectivity index (χ1n) is 7.57. The summed E-state index contributed by atoms with van der Waals surface area (Å²) < 4.78 is 37.3. The number of nitrogens with zero attached hydrogens (tertiary/aromatic N) is 1. The minimum atomic E-state index is -4.10. The summed E-state index contributed by atoms with van der Waals surface area (Å²) in [5.41, 5.74) is 0.128. The molecule has 0 atom stereocenters. The van der Waals surface area contributed by atoms with E-state index in [0.29, 0.717) is 10.0 Å². The monoisotopic (exact) mass is 417 g/mol. The van der Waals surface area contributed by atoms with E-state index in [1.54, 1.807) is 13.0 Å². The van der Waals surface area contributed by atoms with Crippen molar-refractivity contribution in [2.24, 2.45) is 0 Å². The molecule has 0 radical (unpaired) electrons. The smallest absolute Gasteiger partial charge is 0.326 e. The lowest BCUT2D eigenvalue weighted by Gasteiger charge is -2.25. The van der Waals surface area contributed by atoms with Gasteiger partial charge in [0.05, 0.1) is 24.3 Å². The number of halogens is 2. The first kappa shape index (κ1) is 20.4. The lowest BCUT2D eigenvalue weighted by Crippen LogP contribution is -2.36. The number of anilines is 1. The molecule has 9 heteroatoms.